The van der Waals surface area contributed by atoms with Gasteiger partial charge in [0.2, 0.25) is 5.91 Å². The third-order valence-corrected chi connectivity index (χ3v) is 2.10. The van der Waals surface area contributed by atoms with Crippen molar-refractivity contribution in [2.75, 3.05) is 26.9 Å². The third kappa shape index (κ3) is 5.42. The van der Waals surface area contributed by atoms with E-state index in [1.54, 1.807) is 25.3 Å². The van der Waals surface area contributed by atoms with Crippen molar-refractivity contribution in [2.24, 2.45) is 0 Å². The highest BCUT2D eigenvalue weighted by molar-refractivity contribution is 5.77. The SMILES string of the molecule is COCCOCC(=O)NCc1ccccc1F. The normalized spacial score (nSPS) is 10.2. The number of hydrogen-bond acceptors (Lipinski definition) is 3. The number of halogens is 1. The van der Waals surface area contributed by atoms with Gasteiger partial charge in [0.05, 0.1) is 13.2 Å². The molecule has 0 bridgehead atoms. The molecule has 0 saturated carbocycles. The third-order valence-electron chi connectivity index (χ3n) is 2.10. The molecule has 1 aromatic carbocycles. The van der Waals surface area contributed by atoms with Crippen LogP contribution in [0.5, 0.6) is 0 Å². The van der Waals surface area contributed by atoms with E-state index in [-0.39, 0.29) is 24.9 Å². The molecular weight excluding hydrogens is 225 g/mol. The standard InChI is InChI=1S/C12H16FNO3/c1-16-6-7-17-9-12(15)14-8-10-4-2-3-5-11(10)13/h2-5H,6-9H2,1H3,(H,14,15). The minimum atomic E-state index is -0.326. The summed E-state index contributed by atoms with van der Waals surface area (Å²) in [6.45, 7) is 0.932. The number of ether oxygens (including phenoxy) is 2. The molecule has 1 aromatic rings. The first kappa shape index (κ1) is 13.6. The van der Waals surface area contributed by atoms with Crippen LogP contribution in [-0.2, 0) is 20.8 Å². The lowest BCUT2D eigenvalue weighted by atomic mass is 10.2. The smallest absolute Gasteiger partial charge is 0.246 e. The molecule has 0 atom stereocenters. The van der Waals surface area contributed by atoms with Crippen molar-refractivity contribution in [2.45, 2.75) is 6.54 Å². The van der Waals surface area contributed by atoms with Crippen LogP contribution in [0.15, 0.2) is 24.3 Å². The van der Waals surface area contributed by atoms with Gasteiger partial charge in [0.15, 0.2) is 0 Å². The fourth-order valence-corrected chi connectivity index (χ4v) is 1.19. The largest absolute Gasteiger partial charge is 0.382 e. The van der Waals surface area contributed by atoms with E-state index < -0.39 is 0 Å². The summed E-state index contributed by atoms with van der Waals surface area (Å²) in [5.74, 6) is -0.600. The van der Waals surface area contributed by atoms with E-state index in [9.17, 15) is 9.18 Å². The summed E-state index contributed by atoms with van der Waals surface area (Å²) >= 11 is 0. The van der Waals surface area contributed by atoms with E-state index in [0.717, 1.165) is 0 Å². The minimum Gasteiger partial charge on any atom is -0.382 e. The zero-order valence-electron chi connectivity index (χ0n) is 9.74. The molecule has 0 aliphatic carbocycles. The lowest BCUT2D eigenvalue weighted by Crippen LogP contribution is -2.28. The van der Waals surface area contributed by atoms with Gasteiger partial charge in [-0.1, -0.05) is 18.2 Å². The van der Waals surface area contributed by atoms with Gasteiger partial charge in [0, 0.05) is 19.2 Å². The van der Waals surface area contributed by atoms with E-state index in [1.807, 2.05) is 0 Å². The van der Waals surface area contributed by atoms with Crippen LogP contribution < -0.4 is 5.32 Å². The van der Waals surface area contributed by atoms with Gasteiger partial charge in [-0.15, -0.1) is 0 Å². The molecule has 1 amide bonds. The van der Waals surface area contributed by atoms with Crippen LogP contribution in [0.4, 0.5) is 4.39 Å². The van der Waals surface area contributed by atoms with Gasteiger partial charge < -0.3 is 14.8 Å². The van der Waals surface area contributed by atoms with Gasteiger partial charge in [0.25, 0.3) is 0 Å². The van der Waals surface area contributed by atoms with Crippen molar-refractivity contribution in [1.82, 2.24) is 5.32 Å². The van der Waals surface area contributed by atoms with Crippen molar-refractivity contribution < 1.29 is 18.7 Å². The second-order valence-corrected chi connectivity index (χ2v) is 3.41. The molecule has 0 radical (unpaired) electrons. The summed E-state index contributed by atoms with van der Waals surface area (Å²) in [4.78, 5) is 11.3. The van der Waals surface area contributed by atoms with E-state index >= 15 is 0 Å². The molecule has 1 rings (SSSR count). The summed E-state index contributed by atoms with van der Waals surface area (Å²) < 4.78 is 23.0. The lowest BCUT2D eigenvalue weighted by Gasteiger charge is -2.06. The molecule has 0 saturated heterocycles. The Morgan fingerprint density at radius 1 is 1.35 bits per heavy atom. The van der Waals surface area contributed by atoms with Crippen LogP contribution in [0, 0.1) is 5.82 Å². The molecule has 0 aliphatic rings. The average molecular weight is 241 g/mol. The summed E-state index contributed by atoms with van der Waals surface area (Å²) in [5.41, 5.74) is 0.456. The summed E-state index contributed by atoms with van der Waals surface area (Å²) in [6, 6.07) is 6.31. The quantitative estimate of drug-likeness (QED) is 0.727. The predicted molar refractivity (Wildman–Crippen MR) is 60.9 cm³/mol. The molecule has 0 unspecified atom stereocenters. The highest BCUT2D eigenvalue weighted by Gasteiger charge is 2.04. The number of benzene rings is 1. The molecule has 5 heteroatoms. The van der Waals surface area contributed by atoms with Crippen LogP contribution >= 0.6 is 0 Å². The Morgan fingerprint density at radius 3 is 2.82 bits per heavy atom. The maximum Gasteiger partial charge on any atom is 0.246 e. The predicted octanol–water partition coefficient (Wildman–Crippen LogP) is 1.10. The van der Waals surface area contributed by atoms with Crippen molar-refractivity contribution >= 4 is 5.91 Å². The second kappa shape index (κ2) is 7.76. The Bertz CT molecular complexity index is 357. The number of amides is 1. The molecule has 0 spiro atoms. The first-order valence-electron chi connectivity index (χ1n) is 5.31. The Labute approximate surface area is 99.7 Å². The van der Waals surface area contributed by atoms with E-state index in [2.05, 4.69) is 5.32 Å². The van der Waals surface area contributed by atoms with Crippen LogP contribution in [0.3, 0.4) is 0 Å². The number of nitrogens with one attached hydrogen (secondary N) is 1. The average Bonchev–Trinajstić information content (AvgIpc) is 2.34. The number of carbonyl (C=O) groups is 1. The summed E-state index contributed by atoms with van der Waals surface area (Å²) in [7, 11) is 1.56. The van der Waals surface area contributed by atoms with E-state index in [1.165, 1.54) is 6.07 Å². The topological polar surface area (TPSA) is 47.6 Å². The van der Waals surface area contributed by atoms with E-state index in [4.69, 9.17) is 9.47 Å². The number of carbonyl (C=O) groups excluding carboxylic acids is 1. The van der Waals surface area contributed by atoms with Crippen LogP contribution in [0.2, 0.25) is 0 Å². The fourth-order valence-electron chi connectivity index (χ4n) is 1.19. The second-order valence-electron chi connectivity index (χ2n) is 3.41. The van der Waals surface area contributed by atoms with Crippen molar-refractivity contribution in [3.8, 4) is 0 Å². The molecule has 0 aliphatic heterocycles. The Hall–Kier alpha value is -1.46. The molecule has 1 N–H and O–H groups in total. The van der Waals surface area contributed by atoms with Gasteiger partial charge >= 0.3 is 0 Å². The van der Waals surface area contributed by atoms with Crippen molar-refractivity contribution in [3.63, 3.8) is 0 Å². The first-order chi connectivity index (χ1) is 8.24. The zero-order chi connectivity index (χ0) is 12.5. The Morgan fingerprint density at radius 2 is 2.12 bits per heavy atom. The van der Waals surface area contributed by atoms with Gasteiger partial charge in [-0.2, -0.15) is 0 Å². The van der Waals surface area contributed by atoms with Crippen LogP contribution in [0.1, 0.15) is 5.56 Å². The van der Waals surface area contributed by atoms with Gasteiger partial charge in [-0.3, -0.25) is 4.79 Å². The molecule has 4 nitrogen and oxygen atoms in total. The van der Waals surface area contributed by atoms with Gasteiger partial charge in [-0.05, 0) is 6.07 Å². The van der Waals surface area contributed by atoms with Gasteiger partial charge in [0.1, 0.15) is 12.4 Å². The van der Waals surface area contributed by atoms with Crippen LogP contribution in [-0.4, -0.2) is 32.8 Å². The lowest BCUT2D eigenvalue weighted by molar-refractivity contribution is -0.126. The molecular formula is C12H16FNO3. The number of rotatable bonds is 7. The number of hydrogen-bond donors (Lipinski definition) is 1. The van der Waals surface area contributed by atoms with E-state index in [0.29, 0.717) is 18.8 Å². The molecule has 0 heterocycles. The zero-order valence-corrected chi connectivity index (χ0v) is 9.74. The highest BCUT2D eigenvalue weighted by atomic mass is 19.1. The number of methoxy groups -OCH3 is 1. The maximum atomic E-state index is 13.2. The fraction of sp³-hybridized carbons (Fsp3) is 0.417. The molecule has 17 heavy (non-hydrogen) atoms. The van der Waals surface area contributed by atoms with Crippen molar-refractivity contribution in [3.05, 3.63) is 35.6 Å². The van der Waals surface area contributed by atoms with Crippen LogP contribution in [0.25, 0.3) is 0 Å². The minimum absolute atomic E-state index is 0.0438. The van der Waals surface area contributed by atoms with Gasteiger partial charge in [-0.25, -0.2) is 4.39 Å². The molecule has 94 valence electrons. The van der Waals surface area contributed by atoms with Crippen molar-refractivity contribution in [1.29, 1.82) is 0 Å². The molecule has 0 fully saturated rings. The first-order valence-corrected chi connectivity index (χ1v) is 5.31. The monoisotopic (exact) mass is 241 g/mol. The Kier molecular flexibility index (Phi) is 6.21. The summed E-state index contributed by atoms with van der Waals surface area (Å²) in [5, 5.41) is 2.57. The Balaban J connectivity index is 2.22. The highest BCUT2D eigenvalue weighted by Crippen LogP contribution is 2.05. The maximum absolute atomic E-state index is 13.2. The molecule has 0 aromatic heterocycles. The summed E-state index contributed by atoms with van der Waals surface area (Å²) in [6.07, 6.45) is 0.